The van der Waals surface area contributed by atoms with Crippen LogP contribution in [0.25, 0.3) is 0 Å². The van der Waals surface area contributed by atoms with E-state index in [-0.39, 0.29) is 14.7 Å². The SMILES string of the molecule is CC(C)(C)N=[N+]([O-])C1C(N)N=[N+]([O-])N=[N+]1[O-]. The molecule has 90 valence electrons. The van der Waals surface area contributed by atoms with Gasteiger partial charge in [0, 0.05) is 9.97 Å². The van der Waals surface area contributed by atoms with Crippen molar-refractivity contribution < 1.29 is 14.7 Å². The lowest BCUT2D eigenvalue weighted by Gasteiger charge is -2.16. The molecule has 0 saturated heterocycles. The molecule has 0 radical (unpaired) electrons. The first kappa shape index (κ1) is 12.2. The highest BCUT2D eigenvalue weighted by Crippen LogP contribution is 2.12. The molecule has 0 bridgehead atoms. The van der Waals surface area contributed by atoms with Gasteiger partial charge in [-0.15, -0.1) is 0 Å². The average Bonchev–Trinajstić information content (AvgIpc) is 1.96. The molecule has 2 atom stereocenters. The zero-order valence-corrected chi connectivity index (χ0v) is 9.14. The molecule has 1 aliphatic heterocycles. The maximum absolute atomic E-state index is 11.5. The van der Waals surface area contributed by atoms with Crippen LogP contribution in [-0.4, -0.2) is 32.6 Å². The van der Waals surface area contributed by atoms with Gasteiger partial charge < -0.3 is 15.6 Å². The normalized spacial score (nSPS) is 27.4. The molecule has 10 heteroatoms. The van der Waals surface area contributed by atoms with E-state index in [1.54, 1.807) is 20.8 Å². The number of rotatable bonds is 1. The second-order valence-corrected chi connectivity index (χ2v) is 4.24. The minimum atomic E-state index is -1.45. The Morgan fingerprint density at radius 2 is 1.94 bits per heavy atom. The highest BCUT2D eigenvalue weighted by atomic mass is 16.6. The van der Waals surface area contributed by atoms with Crippen LogP contribution in [0.1, 0.15) is 20.8 Å². The van der Waals surface area contributed by atoms with Crippen LogP contribution < -0.4 is 5.73 Å². The predicted molar refractivity (Wildman–Crippen MR) is 49.7 cm³/mol. The molecule has 0 saturated carbocycles. The van der Waals surface area contributed by atoms with Crippen molar-refractivity contribution in [3.63, 3.8) is 0 Å². The van der Waals surface area contributed by atoms with Crippen molar-refractivity contribution in [2.75, 3.05) is 0 Å². The zero-order valence-electron chi connectivity index (χ0n) is 9.14. The van der Waals surface area contributed by atoms with E-state index >= 15 is 0 Å². The standard InChI is InChI=1S/C6H13N7O3/c1-6(2,3)9-11(14)5-4(7)8-13(16)10-12(5)15/h4-5H,7H2,1-3H3. The highest BCUT2D eigenvalue weighted by molar-refractivity contribution is 4.65. The van der Waals surface area contributed by atoms with E-state index in [2.05, 4.69) is 15.5 Å². The molecular weight excluding hydrogens is 218 g/mol. The van der Waals surface area contributed by atoms with Gasteiger partial charge in [-0.2, -0.15) is 0 Å². The second-order valence-electron chi connectivity index (χ2n) is 4.24. The first-order chi connectivity index (χ1) is 7.20. The summed E-state index contributed by atoms with van der Waals surface area (Å²) in [7, 11) is 0. The molecule has 16 heavy (non-hydrogen) atoms. The molecule has 10 nitrogen and oxygen atoms in total. The summed E-state index contributed by atoms with van der Waals surface area (Å²) in [6.07, 6.45) is -2.75. The lowest BCUT2D eigenvalue weighted by atomic mass is 10.1. The van der Waals surface area contributed by atoms with Crippen molar-refractivity contribution in [1.82, 2.24) is 0 Å². The van der Waals surface area contributed by atoms with E-state index in [1.165, 1.54) is 0 Å². The molecule has 0 fully saturated rings. The first-order valence-corrected chi connectivity index (χ1v) is 4.51. The van der Waals surface area contributed by atoms with E-state index in [1.807, 2.05) is 0 Å². The minimum Gasteiger partial charge on any atom is -0.595 e. The molecular formula is C6H13N7O3. The fourth-order valence-electron chi connectivity index (χ4n) is 1.03. The lowest BCUT2D eigenvalue weighted by molar-refractivity contribution is -0.847. The van der Waals surface area contributed by atoms with Gasteiger partial charge in [-0.05, 0) is 30.7 Å². The Morgan fingerprint density at radius 3 is 2.38 bits per heavy atom. The van der Waals surface area contributed by atoms with Gasteiger partial charge >= 0.3 is 11.4 Å². The van der Waals surface area contributed by atoms with Crippen LogP contribution >= 0.6 is 0 Å². The maximum atomic E-state index is 11.5. The van der Waals surface area contributed by atoms with E-state index in [9.17, 15) is 15.6 Å². The Balaban J connectivity index is 2.99. The summed E-state index contributed by atoms with van der Waals surface area (Å²) in [5, 5.41) is 43.1. The van der Waals surface area contributed by atoms with Crippen LogP contribution in [0.3, 0.4) is 0 Å². The molecule has 1 heterocycles. The number of azo groups is 1. The van der Waals surface area contributed by atoms with Gasteiger partial charge in [0.15, 0.2) is 0 Å². The smallest absolute Gasteiger partial charge is 0.456 e. The second kappa shape index (κ2) is 3.96. The number of nitrogens with zero attached hydrogens (tertiary/aromatic N) is 6. The Bertz CT molecular complexity index is 369. The summed E-state index contributed by atoms with van der Waals surface area (Å²) in [5.41, 5.74) is 4.70. The van der Waals surface area contributed by atoms with Gasteiger partial charge in [-0.1, -0.05) is 0 Å². The van der Waals surface area contributed by atoms with E-state index in [0.717, 1.165) is 0 Å². The monoisotopic (exact) mass is 231 g/mol. The molecule has 1 rings (SSSR count). The van der Waals surface area contributed by atoms with E-state index in [4.69, 9.17) is 5.73 Å². The minimum absolute atomic E-state index is 0.104. The Labute approximate surface area is 91.1 Å². The molecule has 0 aromatic rings. The van der Waals surface area contributed by atoms with Crippen LogP contribution in [0.2, 0.25) is 0 Å². The zero-order chi connectivity index (χ0) is 12.5. The highest BCUT2D eigenvalue weighted by Gasteiger charge is 2.44. The van der Waals surface area contributed by atoms with E-state index in [0.29, 0.717) is 0 Å². The number of hydrogen-bond acceptors (Lipinski definition) is 7. The van der Waals surface area contributed by atoms with Gasteiger partial charge in [-0.3, -0.25) is 5.73 Å². The van der Waals surface area contributed by atoms with Gasteiger partial charge in [-0.25, -0.2) is 0 Å². The Kier molecular flexibility index (Phi) is 3.03. The molecule has 0 aromatic carbocycles. The summed E-state index contributed by atoms with van der Waals surface area (Å²) in [6.45, 7) is 5.03. The molecule has 0 aliphatic carbocycles. The Morgan fingerprint density at radius 1 is 1.38 bits per heavy atom. The maximum Gasteiger partial charge on any atom is 0.456 e. The molecule has 0 spiro atoms. The van der Waals surface area contributed by atoms with Crippen LogP contribution in [0.15, 0.2) is 15.5 Å². The third-order valence-corrected chi connectivity index (χ3v) is 1.55. The van der Waals surface area contributed by atoms with Crippen molar-refractivity contribution in [3.05, 3.63) is 15.6 Å². The van der Waals surface area contributed by atoms with Gasteiger partial charge in [0.2, 0.25) is 0 Å². The van der Waals surface area contributed by atoms with Crippen LogP contribution in [0, 0.1) is 15.6 Å². The summed E-state index contributed by atoms with van der Waals surface area (Å²) in [4.78, 5) is -0.205. The van der Waals surface area contributed by atoms with Gasteiger partial charge in [0.05, 0.1) is 0 Å². The third kappa shape index (κ3) is 2.82. The van der Waals surface area contributed by atoms with Crippen LogP contribution in [0.5, 0.6) is 0 Å². The quantitative estimate of drug-likeness (QED) is 0.298. The van der Waals surface area contributed by atoms with Crippen molar-refractivity contribution in [3.8, 4) is 0 Å². The largest absolute Gasteiger partial charge is 0.595 e. The number of nitrogens with two attached hydrogens (primary N) is 1. The summed E-state index contributed by atoms with van der Waals surface area (Å²) >= 11 is 0. The molecule has 1 aliphatic rings. The van der Waals surface area contributed by atoms with Crippen molar-refractivity contribution in [1.29, 1.82) is 0 Å². The fraction of sp³-hybridized carbons (Fsp3) is 1.00. The molecule has 2 unspecified atom stereocenters. The third-order valence-electron chi connectivity index (χ3n) is 1.55. The fourth-order valence-corrected chi connectivity index (χ4v) is 1.03. The summed E-state index contributed by atoms with van der Waals surface area (Å²) < 4.78 is 0. The van der Waals surface area contributed by atoms with E-state index < -0.39 is 17.9 Å². The number of hydrogen-bond donors (Lipinski definition) is 1. The summed E-state index contributed by atoms with van der Waals surface area (Å²) in [6, 6.07) is 0. The Hall–Kier alpha value is -1.84. The lowest BCUT2D eigenvalue weighted by Crippen LogP contribution is -2.48. The first-order valence-electron chi connectivity index (χ1n) is 4.51. The number of hydroxylamine groups is 2. The molecule has 2 N–H and O–H groups in total. The van der Waals surface area contributed by atoms with Crippen molar-refractivity contribution >= 4 is 0 Å². The molecule has 0 aromatic heterocycles. The predicted octanol–water partition coefficient (Wildman–Crippen LogP) is 0.212. The van der Waals surface area contributed by atoms with Crippen LogP contribution in [-0.2, 0) is 0 Å². The van der Waals surface area contributed by atoms with Crippen LogP contribution in [0.4, 0.5) is 0 Å². The van der Waals surface area contributed by atoms with Gasteiger partial charge in [0.1, 0.15) is 10.5 Å². The average molecular weight is 231 g/mol. The van der Waals surface area contributed by atoms with Crippen molar-refractivity contribution in [2.24, 2.45) is 21.2 Å². The van der Waals surface area contributed by atoms with Gasteiger partial charge in [0.25, 0.3) is 6.17 Å². The summed E-state index contributed by atoms with van der Waals surface area (Å²) in [5.74, 6) is 0. The molecule has 0 amide bonds. The topological polar surface area (TPSA) is 141 Å². The van der Waals surface area contributed by atoms with Crippen molar-refractivity contribution in [2.45, 2.75) is 38.6 Å².